The van der Waals surface area contributed by atoms with E-state index in [2.05, 4.69) is 15.3 Å². The van der Waals surface area contributed by atoms with Gasteiger partial charge in [0.15, 0.2) is 0 Å². The molecule has 30 heavy (non-hydrogen) atoms. The highest BCUT2D eigenvalue weighted by molar-refractivity contribution is 6.25. The van der Waals surface area contributed by atoms with Crippen LogP contribution in [0.15, 0.2) is 71.5 Å². The monoisotopic (exact) mass is 399 g/mol. The zero-order valence-electron chi connectivity index (χ0n) is 17.2. The van der Waals surface area contributed by atoms with Gasteiger partial charge < -0.3 is 15.8 Å². The lowest BCUT2D eigenvalue weighted by Gasteiger charge is -2.22. The number of nitrogens with one attached hydrogen (secondary N) is 1. The molecule has 3 aromatic rings. The Bertz CT molecular complexity index is 1110. The highest BCUT2D eigenvalue weighted by atomic mass is 16.5. The molecule has 152 valence electrons. The summed E-state index contributed by atoms with van der Waals surface area (Å²) in [5.74, 6) is 1.38. The maximum atomic E-state index is 6.48. The van der Waals surface area contributed by atoms with Gasteiger partial charge in [-0.2, -0.15) is 0 Å². The smallest absolute Gasteiger partial charge is 0.227 e. The van der Waals surface area contributed by atoms with Gasteiger partial charge in [-0.3, -0.25) is 4.99 Å². The van der Waals surface area contributed by atoms with Gasteiger partial charge in [-0.05, 0) is 36.6 Å². The molecule has 0 saturated heterocycles. The van der Waals surface area contributed by atoms with Gasteiger partial charge in [0.05, 0.1) is 18.5 Å². The van der Waals surface area contributed by atoms with Crippen molar-refractivity contribution in [3.8, 4) is 5.75 Å². The van der Waals surface area contributed by atoms with Crippen LogP contribution in [0.3, 0.4) is 0 Å². The van der Waals surface area contributed by atoms with Crippen LogP contribution in [0.5, 0.6) is 5.75 Å². The number of nitrogens with zero attached hydrogens (tertiary/aromatic N) is 3. The van der Waals surface area contributed by atoms with Crippen molar-refractivity contribution in [2.75, 3.05) is 19.5 Å². The van der Waals surface area contributed by atoms with Crippen molar-refractivity contribution < 1.29 is 4.74 Å². The average Bonchev–Trinajstić information content (AvgIpc) is 2.79. The third-order valence-electron chi connectivity index (χ3n) is 5.22. The number of para-hydroxylation sites is 2. The van der Waals surface area contributed by atoms with Gasteiger partial charge in [-0.25, -0.2) is 9.97 Å². The van der Waals surface area contributed by atoms with Gasteiger partial charge in [-0.15, -0.1) is 0 Å². The van der Waals surface area contributed by atoms with Gasteiger partial charge >= 0.3 is 0 Å². The van der Waals surface area contributed by atoms with Crippen molar-refractivity contribution in [1.29, 1.82) is 0 Å². The van der Waals surface area contributed by atoms with E-state index in [1.54, 1.807) is 14.2 Å². The fourth-order valence-corrected chi connectivity index (χ4v) is 3.69. The van der Waals surface area contributed by atoms with E-state index in [-0.39, 0.29) is 0 Å². The van der Waals surface area contributed by atoms with Crippen LogP contribution in [0.4, 0.5) is 11.6 Å². The molecule has 1 aromatic heterocycles. The molecule has 4 rings (SSSR count). The minimum Gasteiger partial charge on any atom is -0.496 e. The van der Waals surface area contributed by atoms with E-state index in [9.17, 15) is 0 Å². The standard InChI is InChI=1S/C24H25N5O/c1-26-20(14-16-8-6-7-11-21(16)30-2)22-19(25)13-12-17-15-27-24(29-23(17)22)28-18-9-4-3-5-10-18/h3-11,15H,12-14,25H2,1-2H3,(H,27,28,29). The second kappa shape index (κ2) is 8.78. The first-order chi connectivity index (χ1) is 14.7. The Morgan fingerprint density at radius 1 is 1.10 bits per heavy atom. The number of hydrogen-bond donors (Lipinski definition) is 2. The summed E-state index contributed by atoms with van der Waals surface area (Å²) >= 11 is 0. The number of aliphatic imine (C=N–C) groups is 1. The summed E-state index contributed by atoms with van der Waals surface area (Å²) in [7, 11) is 3.48. The molecular weight excluding hydrogens is 374 g/mol. The normalized spacial score (nSPS) is 13.7. The molecule has 0 saturated carbocycles. The van der Waals surface area contributed by atoms with Crippen LogP contribution in [-0.4, -0.2) is 29.8 Å². The number of allylic oxidation sites excluding steroid dienone is 2. The average molecular weight is 399 g/mol. The van der Waals surface area contributed by atoms with Crippen LogP contribution in [-0.2, 0) is 12.8 Å². The summed E-state index contributed by atoms with van der Waals surface area (Å²) in [5.41, 5.74) is 13.0. The highest BCUT2D eigenvalue weighted by Gasteiger charge is 2.24. The van der Waals surface area contributed by atoms with E-state index in [0.29, 0.717) is 12.4 Å². The van der Waals surface area contributed by atoms with Gasteiger partial charge in [0.2, 0.25) is 5.95 Å². The number of nitrogens with two attached hydrogens (primary N) is 1. The topological polar surface area (TPSA) is 85.4 Å². The second-order valence-corrected chi connectivity index (χ2v) is 7.12. The largest absolute Gasteiger partial charge is 0.496 e. The van der Waals surface area contributed by atoms with Crippen molar-refractivity contribution in [3.05, 3.63) is 83.3 Å². The second-order valence-electron chi connectivity index (χ2n) is 7.12. The number of anilines is 2. The molecule has 1 aliphatic carbocycles. The Hall–Kier alpha value is -3.67. The van der Waals surface area contributed by atoms with Crippen LogP contribution in [0, 0.1) is 0 Å². The minimum atomic E-state index is 0.542. The molecule has 0 radical (unpaired) electrons. The number of aryl methyl sites for hydroxylation is 1. The van der Waals surface area contributed by atoms with Crippen LogP contribution in [0.1, 0.15) is 23.2 Å². The third kappa shape index (κ3) is 4.03. The van der Waals surface area contributed by atoms with Gasteiger partial charge in [0.25, 0.3) is 0 Å². The predicted octanol–water partition coefficient (Wildman–Crippen LogP) is 4.16. The number of methoxy groups -OCH3 is 1. The van der Waals surface area contributed by atoms with Gasteiger partial charge in [-0.1, -0.05) is 36.4 Å². The Morgan fingerprint density at radius 3 is 2.63 bits per heavy atom. The molecule has 0 aliphatic heterocycles. The van der Waals surface area contributed by atoms with Gasteiger partial charge in [0, 0.05) is 42.2 Å². The number of rotatable bonds is 6. The maximum absolute atomic E-state index is 6.48. The first-order valence-electron chi connectivity index (χ1n) is 9.94. The lowest BCUT2D eigenvalue weighted by atomic mass is 9.88. The predicted molar refractivity (Wildman–Crippen MR) is 121 cm³/mol. The van der Waals surface area contributed by atoms with E-state index < -0.39 is 0 Å². The molecule has 6 heteroatoms. The summed E-state index contributed by atoms with van der Waals surface area (Å²) in [5, 5.41) is 3.27. The molecule has 0 spiro atoms. The number of hydrogen-bond acceptors (Lipinski definition) is 6. The van der Waals surface area contributed by atoms with E-state index >= 15 is 0 Å². The van der Waals surface area contributed by atoms with E-state index in [4.69, 9.17) is 15.5 Å². The van der Waals surface area contributed by atoms with Crippen molar-refractivity contribution in [2.24, 2.45) is 10.7 Å². The molecule has 6 nitrogen and oxygen atoms in total. The zero-order valence-corrected chi connectivity index (χ0v) is 17.2. The fraction of sp³-hybridized carbons (Fsp3) is 0.208. The van der Waals surface area contributed by atoms with Crippen LogP contribution in [0.25, 0.3) is 5.57 Å². The minimum absolute atomic E-state index is 0.542. The lowest BCUT2D eigenvalue weighted by Crippen LogP contribution is -2.20. The molecule has 0 amide bonds. The molecule has 3 N–H and O–H groups in total. The van der Waals surface area contributed by atoms with E-state index in [1.807, 2.05) is 60.8 Å². The van der Waals surface area contributed by atoms with Crippen molar-refractivity contribution >= 4 is 22.9 Å². The Morgan fingerprint density at radius 2 is 1.87 bits per heavy atom. The van der Waals surface area contributed by atoms with Crippen molar-refractivity contribution in [3.63, 3.8) is 0 Å². The number of benzene rings is 2. The number of fused-ring (bicyclic) bond motifs is 1. The molecule has 0 bridgehead atoms. The summed E-state index contributed by atoms with van der Waals surface area (Å²) in [6.07, 6.45) is 4.09. The summed E-state index contributed by atoms with van der Waals surface area (Å²) in [4.78, 5) is 13.9. The van der Waals surface area contributed by atoms with Crippen molar-refractivity contribution in [2.45, 2.75) is 19.3 Å². The number of aromatic nitrogens is 2. The first-order valence-corrected chi connectivity index (χ1v) is 9.94. The Kier molecular flexibility index (Phi) is 5.75. The molecule has 1 aliphatic rings. The molecule has 0 fully saturated rings. The molecule has 0 unspecified atom stereocenters. The summed E-state index contributed by atoms with van der Waals surface area (Å²) < 4.78 is 5.52. The zero-order chi connectivity index (χ0) is 20.9. The molecule has 0 atom stereocenters. The summed E-state index contributed by atoms with van der Waals surface area (Å²) in [6, 6.07) is 17.8. The molecular formula is C24H25N5O. The summed E-state index contributed by atoms with van der Waals surface area (Å²) in [6.45, 7) is 0. The van der Waals surface area contributed by atoms with Crippen LogP contribution < -0.4 is 15.8 Å². The Balaban J connectivity index is 1.70. The van der Waals surface area contributed by atoms with Crippen molar-refractivity contribution in [1.82, 2.24) is 9.97 Å². The SMILES string of the molecule is CN=C(Cc1ccccc1OC)C1=C(N)CCc2cnc(Nc3ccccc3)nc21. The fourth-order valence-electron chi connectivity index (χ4n) is 3.69. The van der Waals surface area contributed by atoms with Crippen LogP contribution in [0.2, 0.25) is 0 Å². The van der Waals surface area contributed by atoms with Crippen LogP contribution >= 0.6 is 0 Å². The van der Waals surface area contributed by atoms with E-state index in [0.717, 1.165) is 58.1 Å². The quantitative estimate of drug-likeness (QED) is 0.608. The maximum Gasteiger partial charge on any atom is 0.227 e. The molecule has 2 aromatic carbocycles. The van der Waals surface area contributed by atoms with Gasteiger partial charge in [0.1, 0.15) is 5.75 Å². The molecule has 1 heterocycles. The van der Waals surface area contributed by atoms with E-state index in [1.165, 1.54) is 0 Å². The first kappa shape index (κ1) is 19.6. The highest BCUT2D eigenvalue weighted by Crippen LogP contribution is 2.31. The third-order valence-corrected chi connectivity index (χ3v) is 5.22. The lowest BCUT2D eigenvalue weighted by molar-refractivity contribution is 0.411. The Labute approximate surface area is 176 Å². The number of ether oxygens (including phenoxy) is 1.